The molecular weight excluding hydrogens is 474 g/mol. The van der Waals surface area contributed by atoms with Crippen molar-refractivity contribution >= 4 is 16.9 Å². The maximum absolute atomic E-state index is 13.1. The number of hydrogen-bond acceptors (Lipinski definition) is 6. The van der Waals surface area contributed by atoms with Crippen molar-refractivity contribution in [2.24, 2.45) is 12.5 Å². The third-order valence-corrected chi connectivity index (χ3v) is 8.98. The lowest BCUT2D eigenvalue weighted by Gasteiger charge is -2.56. The maximum Gasteiger partial charge on any atom is 0.228 e. The summed E-state index contributed by atoms with van der Waals surface area (Å²) in [5, 5.41) is 5.55. The molecule has 3 aliphatic rings. The van der Waals surface area contributed by atoms with Gasteiger partial charge in [-0.15, -0.1) is 0 Å². The number of nitrogens with zero attached hydrogens (tertiary/aromatic N) is 7. The molecule has 0 saturated carbocycles. The van der Waals surface area contributed by atoms with E-state index >= 15 is 0 Å². The van der Waals surface area contributed by atoms with Gasteiger partial charge in [0.05, 0.1) is 17.8 Å². The maximum atomic E-state index is 13.1. The number of fused-ring (bicyclic) bond motifs is 2. The highest BCUT2D eigenvalue weighted by Gasteiger charge is 2.48. The van der Waals surface area contributed by atoms with Crippen LogP contribution < -0.4 is 0 Å². The summed E-state index contributed by atoms with van der Waals surface area (Å²) in [6, 6.07) is 13.4. The monoisotopic (exact) mass is 507 g/mol. The Kier molecular flexibility index (Phi) is 5.54. The summed E-state index contributed by atoms with van der Waals surface area (Å²) >= 11 is 0. The van der Waals surface area contributed by atoms with Crippen LogP contribution >= 0.6 is 0 Å². The topological polar surface area (TPSA) is 80.0 Å². The van der Waals surface area contributed by atoms with Crippen LogP contribution in [-0.4, -0.2) is 66.6 Å². The molecule has 3 aromatic heterocycles. The minimum atomic E-state index is 0.180. The van der Waals surface area contributed by atoms with Crippen LogP contribution in [-0.2, 0) is 24.7 Å². The molecule has 1 amide bonds. The highest BCUT2D eigenvalue weighted by atomic mass is 16.2. The first-order valence-electron chi connectivity index (χ1n) is 13.7. The van der Waals surface area contributed by atoms with Crippen molar-refractivity contribution in [3.05, 3.63) is 71.4 Å². The first-order chi connectivity index (χ1) is 18.5. The third kappa shape index (κ3) is 3.98. The predicted octanol–water partition coefficient (Wildman–Crippen LogP) is 3.89. The van der Waals surface area contributed by atoms with Crippen LogP contribution in [0, 0.1) is 12.3 Å². The number of pyridine rings is 1. The zero-order valence-corrected chi connectivity index (χ0v) is 22.1. The van der Waals surface area contributed by atoms with Crippen molar-refractivity contribution < 1.29 is 4.79 Å². The van der Waals surface area contributed by atoms with E-state index in [1.165, 1.54) is 23.1 Å². The molecule has 2 saturated heterocycles. The van der Waals surface area contributed by atoms with Crippen molar-refractivity contribution in [1.82, 2.24) is 34.5 Å². The molecule has 1 spiro atoms. The molecule has 1 unspecified atom stereocenters. The van der Waals surface area contributed by atoms with E-state index in [1.807, 2.05) is 31.0 Å². The van der Waals surface area contributed by atoms with Gasteiger partial charge in [0.1, 0.15) is 6.33 Å². The molecule has 8 heteroatoms. The first kappa shape index (κ1) is 23.5. The number of amides is 1. The lowest BCUT2D eigenvalue weighted by Crippen LogP contribution is -2.61. The van der Waals surface area contributed by atoms with E-state index in [0.29, 0.717) is 17.9 Å². The molecule has 38 heavy (non-hydrogen) atoms. The van der Waals surface area contributed by atoms with Gasteiger partial charge in [0.2, 0.25) is 5.91 Å². The zero-order chi connectivity index (χ0) is 25.9. The number of carbonyl (C=O) groups excluding carboxylic acids is 1. The Morgan fingerprint density at radius 2 is 1.92 bits per heavy atom. The van der Waals surface area contributed by atoms with Crippen LogP contribution in [0.25, 0.3) is 22.3 Å². The highest BCUT2D eigenvalue weighted by molar-refractivity contribution is 5.86. The van der Waals surface area contributed by atoms with E-state index < -0.39 is 0 Å². The van der Waals surface area contributed by atoms with E-state index in [4.69, 9.17) is 0 Å². The fourth-order valence-corrected chi connectivity index (χ4v) is 6.88. The summed E-state index contributed by atoms with van der Waals surface area (Å²) in [4.78, 5) is 31.0. The Morgan fingerprint density at radius 3 is 2.74 bits per heavy atom. The molecule has 1 atom stereocenters. The van der Waals surface area contributed by atoms with Gasteiger partial charge in [0, 0.05) is 62.1 Å². The van der Waals surface area contributed by atoms with Crippen LogP contribution in [0.3, 0.4) is 0 Å². The number of likely N-dealkylation sites (tertiary alicyclic amines) is 2. The summed E-state index contributed by atoms with van der Waals surface area (Å²) in [7, 11) is 1.89. The van der Waals surface area contributed by atoms with Crippen molar-refractivity contribution in [2.75, 3.05) is 26.2 Å². The second kappa shape index (κ2) is 8.98. The van der Waals surface area contributed by atoms with Gasteiger partial charge < -0.3 is 4.90 Å². The molecule has 2 fully saturated rings. The molecule has 194 valence electrons. The van der Waals surface area contributed by atoms with Crippen LogP contribution in [0.5, 0.6) is 0 Å². The van der Waals surface area contributed by atoms with E-state index in [9.17, 15) is 4.79 Å². The molecule has 8 nitrogen and oxygen atoms in total. The van der Waals surface area contributed by atoms with Gasteiger partial charge in [-0.2, -0.15) is 5.10 Å². The summed E-state index contributed by atoms with van der Waals surface area (Å²) in [5.74, 6) is 0.180. The number of carbonyl (C=O) groups is 1. The van der Waals surface area contributed by atoms with Crippen molar-refractivity contribution in [2.45, 2.75) is 45.1 Å². The molecule has 0 radical (unpaired) electrons. The van der Waals surface area contributed by atoms with Crippen LogP contribution in [0.1, 0.15) is 47.8 Å². The number of aryl methyl sites for hydroxylation is 3. The lowest BCUT2D eigenvalue weighted by molar-refractivity contribution is -0.136. The quantitative estimate of drug-likeness (QED) is 0.417. The SMILES string of the molecule is Cc1cc(-c2ccc3c(c2)CCC3N2CC3(CCN(C(=O)Cc4nn(C)c5ncccc45)CC3)C2)ncn1. The average Bonchev–Trinajstić information content (AvgIpc) is 3.48. The normalized spacial score (nSPS) is 20.6. The van der Waals surface area contributed by atoms with Crippen LogP contribution in [0.2, 0.25) is 0 Å². The molecule has 1 aliphatic carbocycles. The van der Waals surface area contributed by atoms with Gasteiger partial charge in [-0.1, -0.05) is 12.1 Å². The molecule has 4 aromatic rings. The van der Waals surface area contributed by atoms with Gasteiger partial charge in [0.25, 0.3) is 0 Å². The van der Waals surface area contributed by atoms with Gasteiger partial charge in [-0.3, -0.25) is 14.4 Å². The van der Waals surface area contributed by atoms with E-state index in [0.717, 1.165) is 73.6 Å². The van der Waals surface area contributed by atoms with Gasteiger partial charge >= 0.3 is 0 Å². The van der Waals surface area contributed by atoms with Gasteiger partial charge in [-0.05, 0) is 73.4 Å². The standard InChI is InChI=1S/C30H33N7O/c1-20-14-25(33-19-32-20)22-5-7-23-21(15-22)6-8-27(23)37-17-30(18-37)9-12-36(13-10-30)28(38)16-26-24-4-3-11-31-29(24)35(2)34-26/h3-5,7,11,14-15,19,27H,6,8-10,12-13,16-18H2,1-2H3. The number of rotatable bonds is 4. The van der Waals surface area contributed by atoms with Crippen molar-refractivity contribution in [3.8, 4) is 11.3 Å². The van der Waals surface area contributed by atoms with Crippen LogP contribution in [0.15, 0.2) is 48.9 Å². The van der Waals surface area contributed by atoms with Gasteiger partial charge in [-0.25, -0.2) is 15.0 Å². The Bertz CT molecular complexity index is 1530. The van der Waals surface area contributed by atoms with Gasteiger partial charge in [0.15, 0.2) is 5.65 Å². The molecule has 0 N–H and O–H groups in total. The van der Waals surface area contributed by atoms with Crippen LogP contribution in [0.4, 0.5) is 0 Å². The summed E-state index contributed by atoms with van der Waals surface area (Å²) < 4.78 is 1.77. The number of hydrogen-bond donors (Lipinski definition) is 0. The minimum Gasteiger partial charge on any atom is -0.342 e. The van der Waals surface area contributed by atoms with Crippen molar-refractivity contribution in [1.29, 1.82) is 0 Å². The Balaban J connectivity index is 0.966. The van der Waals surface area contributed by atoms with E-state index in [1.54, 1.807) is 17.2 Å². The summed E-state index contributed by atoms with van der Waals surface area (Å²) in [6.07, 6.45) is 8.26. The average molecular weight is 508 g/mol. The lowest BCUT2D eigenvalue weighted by atomic mass is 9.71. The summed E-state index contributed by atoms with van der Waals surface area (Å²) in [5.41, 5.74) is 8.14. The molecule has 7 rings (SSSR count). The molecule has 1 aromatic carbocycles. The fourth-order valence-electron chi connectivity index (χ4n) is 6.88. The number of aromatic nitrogens is 5. The second-order valence-electron chi connectivity index (χ2n) is 11.4. The third-order valence-electron chi connectivity index (χ3n) is 8.98. The molecule has 2 aliphatic heterocycles. The smallest absolute Gasteiger partial charge is 0.228 e. The predicted molar refractivity (Wildman–Crippen MR) is 145 cm³/mol. The van der Waals surface area contributed by atoms with E-state index in [-0.39, 0.29) is 5.91 Å². The first-order valence-corrected chi connectivity index (χ1v) is 13.7. The molecule has 5 heterocycles. The second-order valence-corrected chi connectivity index (χ2v) is 11.4. The highest BCUT2D eigenvalue weighted by Crippen LogP contribution is 2.48. The number of benzene rings is 1. The Morgan fingerprint density at radius 1 is 1.08 bits per heavy atom. The Hall–Kier alpha value is -3.65. The number of piperidine rings is 1. The van der Waals surface area contributed by atoms with Crippen molar-refractivity contribution in [3.63, 3.8) is 0 Å². The minimum absolute atomic E-state index is 0.180. The zero-order valence-electron chi connectivity index (χ0n) is 22.1. The largest absolute Gasteiger partial charge is 0.342 e. The molecule has 0 bridgehead atoms. The fraction of sp³-hybridized carbons (Fsp3) is 0.433. The molecular formula is C30H33N7O. The Labute approximate surface area is 222 Å². The van der Waals surface area contributed by atoms with E-state index in [2.05, 4.69) is 49.2 Å². The summed E-state index contributed by atoms with van der Waals surface area (Å²) in [6.45, 7) is 5.98.